The van der Waals surface area contributed by atoms with Crippen molar-refractivity contribution < 1.29 is 9.22 Å². The molecule has 0 saturated carbocycles. The molecule has 0 spiro atoms. The van der Waals surface area contributed by atoms with E-state index in [1.54, 1.807) is 18.5 Å². The third-order valence-corrected chi connectivity index (χ3v) is 1.91. The first kappa shape index (κ1) is 6.51. The Kier molecular flexibility index (Phi) is 2.84. The lowest BCUT2D eigenvalue weighted by molar-refractivity contribution is 0.276. The van der Waals surface area contributed by atoms with Crippen molar-refractivity contribution in [2.45, 2.75) is 18.9 Å². The Morgan fingerprint density at radius 3 is 3.31 bits per heavy atom. The predicted molar refractivity (Wildman–Crippen MR) is 52.4 cm³/mol. The highest BCUT2D eigenvalue weighted by Gasteiger charge is 2.07. The van der Waals surface area contributed by atoms with Gasteiger partial charge >= 0.3 is 0 Å². The van der Waals surface area contributed by atoms with E-state index in [-0.39, 0.29) is 12.6 Å². The van der Waals surface area contributed by atoms with Crippen molar-refractivity contribution in [1.82, 2.24) is 10.3 Å². The molecule has 1 unspecified atom stereocenters. The zero-order valence-electron chi connectivity index (χ0n) is 10.4. The maximum absolute atomic E-state index is 8.78. The van der Waals surface area contributed by atoms with Crippen LogP contribution in [-0.4, -0.2) is 23.7 Å². The number of nitrogens with one attached hydrogen (secondary N) is 1. The summed E-state index contributed by atoms with van der Waals surface area (Å²) in [5.41, 5.74) is 0.826. The van der Waals surface area contributed by atoms with Gasteiger partial charge in [-0.15, -0.1) is 0 Å². The van der Waals surface area contributed by atoms with E-state index in [4.69, 9.17) is 9.22 Å². The molecule has 0 saturated heterocycles. The fraction of sp³-hybridized carbons (Fsp3) is 0.500. The molecule has 13 heavy (non-hydrogen) atoms. The molecule has 1 heterocycles. The molecule has 3 heteroatoms. The monoisotopic (exact) mass is 183 g/mol. The molecular formula is C10H16N2O. The van der Waals surface area contributed by atoms with Crippen LogP contribution < -0.4 is 5.32 Å². The zero-order valence-corrected chi connectivity index (χ0v) is 7.40. The summed E-state index contributed by atoms with van der Waals surface area (Å²) in [6, 6.07) is 3.30. The van der Waals surface area contributed by atoms with Crippen LogP contribution in [0.1, 0.15) is 28.6 Å². The summed E-state index contributed by atoms with van der Waals surface area (Å²) in [7, 11) is 0. The van der Waals surface area contributed by atoms with E-state index in [1.165, 1.54) is 0 Å². The fourth-order valence-corrected chi connectivity index (χ4v) is 1.20. The van der Waals surface area contributed by atoms with Gasteiger partial charge in [0, 0.05) is 29.2 Å². The van der Waals surface area contributed by atoms with Crippen LogP contribution in [0.3, 0.4) is 0 Å². The van der Waals surface area contributed by atoms with Gasteiger partial charge in [0.05, 0.1) is 0 Å². The lowest BCUT2D eigenvalue weighted by atomic mass is 10.0. The Bertz CT molecular complexity index is 303. The minimum absolute atomic E-state index is 0.0550. The lowest BCUT2D eigenvalue weighted by Gasteiger charge is -2.14. The average Bonchev–Trinajstić information content (AvgIpc) is 2.24. The average molecular weight is 183 g/mol. The molecule has 1 aromatic heterocycles. The fourth-order valence-electron chi connectivity index (χ4n) is 1.20. The van der Waals surface area contributed by atoms with Crippen LogP contribution in [0.4, 0.5) is 0 Å². The molecule has 0 fully saturated rings. The highest BCUT2D eigenvalue weighted by molar-refractivity contribution is 5.13. The van der Waals surface area contributed by atoms with Crippen molar-refractivity contribution in [3.05, 3.63) is 30.1 Å². The van der Waals surface area contributed by atoms with Gasteiger partial charge in [-0.3, -0.25) is 4.98 Å². The van der Waals surface area contributed by atoms with Crippen LogP contribution in [0, 0.1) is 0 Å². The quantitative estimate of drug-likeness (QED) is 0.719. The van der Waals surface area contributed by atoms with Crippen LogP contribution in [0.5, 0.6) is 0 Å². The van der Waals surface area contributed by atoms with E-state index in [2.05, 4.69) is 10.3 Å². The first-order valence-electron chi connectivity index (χ1n) is 5.81. The molecule has 0 aliphatic carbocycles. The second kappa shape index (κ2) is 5.67. The summed E-state index contributed by atoms with van der Waals surface area (Å²) >= 11 is 0. The van der Waals surface area contributed by atoms with Crippen molar-refractivity contribution >= 4 is 0 Å². The Labute approximate surface area is 83.0 Å². The molecule has 2 N–H and O–H groups in total. The Balaban J connectivity index is 2.71. The summed E-state index contributed by atoms with van der Waals surface area (Å²) in [4.78, 5) is 3.96. The number of hydrogen-bond acceptors (Lipinski definition) is 3. The summed E-state index contributed by atoms with van der Waals surface area (Å²) in [5.74, 6) is 0. The van der Waals surface area contributed by atoms with Crippen molar-refractivity contribution in [3.63, 3.8) is 0 Å². The molecule has 0 aliphatic heterocycles. The predicted octanol–water partition coefficient (Wildman–Crippen LogP) is 1.11. The van der Waals surface area contributed by atoms with Crippen LogP contribution in [-0.2, 0) is 0 Å². The molecule has 72 valence electrons. The SMILES string of the molecule is [2H]C([2H])([2H])NC(CCCO)c1cccnc1. The maximum atomic E-state index is 8.78. The molecule has 0 amide bonds. The van der Waals surface area contributed by atoms with Gasteiger partial charge in [0.15, 0.2) is 0 Å². The number of pyridine rings is 1. The Morgan fingerprint density at radius 1 is 1.77 bits per heavy atom. The van der Waals surface area contributed by atoms with Crippen LogP contribution in [0.2, 0.25) is 0 Å². The molecule has 3 nitrogen and oxygen atoms in total. The van der Waals surface area contributed by atoms with Crippen molar-refractivity contribution in [1.29, 1.82) is 0 Å². The lowest BCUT2D eigenvalue weighted by Crippen LogP contribution is -2.16. The van der Waals surface area contributed by atoms with E-state index in [1.807, 2.05) is 6.07 Å². The van der Waals surface area contributed by atoms with E-state index in [9.17, 15) is 0 Å². The minimum atomic E-state index is -2.18. The van der Waals surface area contributed by atoms with Gasteiger partial charge in [-0.25, -0.2) is 0 Å². The van der Waals surface area contributed by atoms with Gasteiger partial charge in [-0.05, 0) is 31.4 Å². The molecular weight excluding hydrogens is 164 g/mol. The normalized spacial score (nSPS) is 17.2. The Morgan fingerprint density at radius 2 is 2.69 bits per heavy atom. The molecule has 0 bridgehead atoms. The highest BCUT2D eigenvalue weighted by atomic mass is 16.2. The smallest absolute Gasteiger partial charge is 0.0431 e. The van der Waals surface area contributed by atoms with Crippen LogP contribution in [0.15, 0.2) is 24.5 Å². The molecule has 1 aromatic rings. The second-order valence-electron chi connectivity index (χ2n) is 2.85. The minimum Gasteiger partial charge on any atom is -0.396 e. The van der Waals surface area contributed by atoms with Crippen molar-refractivity contribution in [2.75, 3.05) is 13.6 Å². The number of aromatic nitrogens is 1. The topological polar surface area (TPSA) is 45.1 Å². The van der Waals surface area contributed by atoms with Gasteiger partial charge in [-0.1, -0.05) is 6.07 Å². The van der Waals surface area contributed by atoms with Gasteiger partial charge in [0.1, 0.15) is 0 Å². The molecule has 0 radical (unpaired) electrons. The highest BCUT2D eigenvalue weighted by Crippen LogP contribution is 2.15. The van der Waals surface area contributed by atoms with Gasteiger partial charge in [0.25, 0.3) is 0 Å². The van der Waals surface area contributed by atoms with Crippen LogP contribution in [0.25, 0.3) is 0 Å². The van der Waals surface area contributed by atoms with E-state index in [0.717, 1.165) is 5.56 Å². The molecule has 0 aromatic carbocycles. The van der Waals surface area contributed by atoms with E-state index in [0.29, 0.717) is 12.8 Å². The number of aliphatic hydroxyl groups is 1. The standard InChI is InChI=1S/C10H16N2O/c1-11-10(5-3-7-13)9-4-2-6-12-8-9/h2,4,6,8,10-11,13H,3,5,7H2,1H3/i1D3. The number of nitrogens with zero attached hydrogens (tertiary/aromatic N) is 1. The summed E-state index contributed by atoms with van der Waals surface area (Å²) in [5, 5.41) is 11.3. The summed E-state index contributed by atoms with van der Waals surface area (Å²) in [6.45, 7) is -2.13. The van der Waals surface area contributed by atoms with Crippen molar-refractivity contribution in [3.8, 4) is 0 Å². The first-order chi connectivity index (χ1) is 7.53. The van der Waals surface area contributed by atoms with E-state index >= 15 is 0 Å². The number of hydrogen-bond donors (Lipinski definition) is 2. The third kappa shape index (κ3) is 3.13. The van der Waals surface area contributed by atoms with Gasteiger partial charge < -0.3 is 10.4 Å². The maximum Gasteiger partial charge on any atom is 0.0431 e. The van der Waals surface area contributed by atoms with Gasteiger partial charge in [-0.2, -0.15) is 0 Å². The Hall–Kier alpha value is -0.930. The van der Waals surface area contributed by atoms with Crippen molar-refractivity contribution in [2.24, 2.45) is 0 Å². The largest absolute Gasteiger partial charge is 0.396 e. The van der Waals surface area contributed by atoms with Gasteiger partial charge in [0.2, 0.25) is 0 Å². The number of rotatable bonds is 5. The summed E-state index contributed by atoms with van der Waals surface area (Å²) in [6.07, 6.45) is 4.41. The summed E-state index contributed by atoms with van der Waals surface area (Å²) < 4.78 is 21.6. The van der Waals surface area contributed by atoms with E-state index < -0.39 is 6.98 Å². The molecule has 0 aliphatic rings. The number of aliphatic hydroxyl groups excluding tert-OH is 1. The second-order valence-corrected chi connectivity index (χ2v) is 2.85. The molecule has 1 rings (SSSR count). The molecule has 1 atom stereocenters. The first-order valence-corrected chi connectivity index (χ1v) is 4.31. The zero-order chi connectivity index (χ0) is 12.0. The van der Waals surface area contributed by atoms with Crippen LogP contribution >= 0.6 is 0 Å². The third-order valence-electron chi connectivity index (χ3n) is 1.91.